The fraction of sp³-hybridized carbons (Fsp3) is 0.353. The Morgan fingerprint density at radius 2 is 1.90 bits per heavy atom. The summed E-state index contributed by atoms with van der Waals surface area (Å²) in [5.41, 5.74) is 1.93. The molecule has 1 unspecified atom stereocenters. The van der Waals surface area contributed by atoms with E-state index in [2.05, 4.69) is 22.1 Å². The maximum absolute atomic E-state index is 13.9. The van der Waals surface area contributed by atoms with Gasteiger partial charge in [0.2, 0.25) is 0 Å². The molecule has 4 heteroatoms. The van der Waals surface area contributed by atoms with Gasteiger partial charge in [-0.1, -0.05) is 25.1 Å². The van der Waals surface area contributed by atoms with Gasteiger partial charge >= 0.3 is 0 Å². The summed E-state index contributed by atoms with van der Waals surface area (Å²) in [6.07, 6.45) is 3.60. The number of hydrogen-bond acceptors (Lipinski definition) is 3. The maximum Gasteiger partial charge on any atom is 0.128 e. The number of nitrogens with one attached hydrogen (secondary N) is 1. The third-order valence-electron chi connectivity index (χ3n) is 3.67. The maximum atomic E-state index is 13.9. The molecule has 1 heterocycles. The summed E-state index contributed by atoms with van der Waals surface area (Å²) in [7, 11) is 1.87. The molecule has 0 aliphatic rings. The predicted molar refractivity (Wildman–Crippen MR) is 83.4 cm³/mol. The molecule has 2 rings (SSSR count). The van der Waals surface area contributed by atoms with Crippen LogP contribution in [-0.2, 0) is 6.54 Å². The molecule has 0 amide bonds. The number of halogens is 1. The van der Waals surface area contributed by atoms with Crippen LogP contribution in [0.3, 0.4) is 0 Å². The Morgan fingerprint density at radius 1 is 1.19 bits per heavy atom. The van der Waals surface area contributed by atoms with Crippen LogP contribution in [0.1, 0.15) is 24.1 Å². The van der Waals surface area contributed by atoms with Crippen LogP contribution in [0.25, 0.3) is 0 Å². The molecular formula is C17H22FN3. The third-order valence-corrected chi connectivity index (χ3v) is 3.67. The second-order valence-electron chi connectivity index (χ2n) is 5.05. The largest absolute Gasteiger partial charge is 0.312 e. The van der Waals surface area contributed by atoms with Gasteiger partial charge in [0, 0.05) is 37.1 Å². The van der Waals surface area contributed by atoms with Crippen LogP contribution in [0.15, 0.2) is 48.8 Å². The van der Waals surface area contributed by atoms with Crippen molar-refractivity contribution in [3.63, 3.8) is 0 Å². The van der Waals surface area contributed by atoms with E-state index in [0.29, 0.717) is 5.56 Å². The van der Waals surface area contributed by atoms with Crippen LogP contribution in [0.5, 0.6) is 0 Å². The van der Waals surface area contributed by atoms with Crippen molar-refractivity contribution >= 4 is 0 Å². The molecule has 21 heavy (non-hydrogen) atoms. The van der Waals surface area contributed by atoms with Gasteiger partial charge in [-0.05, 0) is 37.4 Å². The second kappa shape index (κ2) is 7.86. The second-order valence-corrected chi connectivity index (χ2v) is 5.05. The molecule has 0 bridgehead atoms. The number of benzene rings is 1. The lowest BCUT2D eigenvalue weighted by Crippen LogP contribution is -2.34. The molecule has 1 atom stereocenters. The first-order valence-corrected chi connectivity index (χ1v) is 7.27. The van der Waals surface area contributed by atoms with E-state index in [9.17, 15) is 4.39 Å². The van der Waals surface area contributed by atoms with E-state index in [1.807, 2.05) is 31.3 Å². The summed E-state index contributed by atoms with van der Waals surface area (Å²) in [6.45, 7) is 4.63. The van der Waals surface area contributed by atoms with Gasteiger partial charge in [0.05, 0.1) is 0 Å². The van der Waals surface area contributed by atoms with E-state index in [-0.39, 0.29) is 11.9 Å². The average Bonchev–Trinajstić information content (AvgIpc) is 2.53. The predicted octanol–water partition coefficient (Wildman–Crippen LogP) is 3.00. The number of aromatic nitrogens is 1. The summed E-state index contributed by atoms with van der Waals surface area (Å²) in [5, 5.41) is 3.22. The molecule has 1 aromatic carbocycles. The fourth-order valence-electron chi connectivity index (χ4n) is 2.41. The van der Waals surface area contributed by atoms with Crippen molar-refractivity contribution in [3.05, 3.63) is 65.7 Å². The zero-order valence-corrected chi connectivity index (χ0v) is 12.6. The Hall–Kier alpha value is -1.78. The molecule has 1 aromatic heterocycles. The first-order chi connectivity index (χ1) is 10.2. The van der Waals surface area contributed by atoms with Gasteiger partial charge in [-0.2, -0.15) is 0 Å². The SMILES string of the molecule is CCN(Cc1ccncc1)CC(NC)c1ccccc1F. The van der Waals surface area contributed by atoms with Gasteiger partial charge in [0.1, 0.15) is 5.82 Å². The summed E-state index contributed by atoms with van der Waals surface area (Å²) < 4.78 is 13.9. The van der Waals surface area contributed by atoms with Gasteiger partial charge in [-0.3, -0.25) is 9.88 Å². The minimum absolute atomic E-state index is 0.0204. The van der Waals surface area contributed by atoms with Crippen LogP contribution < -0.4 is 5.32 Å². The summed E-state index contributed by atoms with van der Waals surface area (Å²) >= 11 is 0. The van der Waals surface area contributed by atoms with Crippen LogP contribution >= 0.6 is 0 Å². The van der Waals surface area contributed by atoms with E-state index in [1.165, 1.54) is 11.6 Å². The smallest absolute Gasteiger partial charge is 0.128 e. The summed E-state index contributed by atoms with van der Waals surface area (Å²) in [4.78, 5) is 6.33. The van der Waals surface area contributed by atoms with Crippen molar-refractivity contribution in [3.8, 4) is 0 Å². The van der Waals surface area contributed by atoms with Crippen molar-refractivity contribution in [2.75, 3.05) is 20.1 Å². The molecule has 0 saturated heterocycles. The van der Waals surface area contributed by atoms with E-state index in [4.69, 9.17) is 0 Å². The average molecular weight is 287 g/mol. The molecule has 0 saturated carbocycles. The molecular weight excluding hydrogens is 265 g/mol. The standard InChI is InChI=1S/C17H22FN3/c1-3-21(12-14-8-10-20-11-9-14)13-17(19-2)15-6-4-5-7-16(15)18/h4-11,17,19H,3,12-13H2,1-2H3. The van der Waals surface area contributed by atoms with E-state index in [0.717, 1.165) is 19.6 Å². The third kappa shape index (κ3) is 4.34. The van der Waals surface area contributed by atoms with Gasteiger partial charge in [0.15, 0.2) is 0 Å². The minimum Gasteiger partial charge on any atom is -0.312 e. The molecule has 0 aliphatic heterocycles. The highest BCUT2D eigenvalue weighted by atomic mass is 19.1. The normalized spacial score (nSPS) is 12.6. The number of pyridine rings is 1. The van der Waals surface area contributed by atoms with Crippen molar-refractivity contribution in [2.45, 2.75) is 19.5 Å². The lowest BCUT2D eigenvalue weighted by molar-refractivity contribution is 0.248. The molecule has 0 radical (unpaired) electrons. The van der Waals surface area contributed by atoms with E-state index < -0.39 is 0 Å². The topological polar surface area (TPSA) is 28.2 Å². The number of likely N-dealkylation sites (N-methyl/N-ethyl adjacent to an activating group) is 2. The Labute approximate surface area is 125 Å². The molecule has 3 nitrogen and oxygen atoms in total. The van der Waals surface area contributed by atoms with Crippen LogP contribution in [0.2, 0.25) is 0 Å². The van der Waals surface area contributed by atoms with Crippen molar-refractivity contribution in [1.29, 1.82) is 0 Å². The van der Waals surface area contributed by atoms with Crippen molar-refractivity contribution < 1.29 is 4.39 Å². The summed E-state index contributed by atoms with van der Waals surface area (Å²) in [6, 6.07) is 11.0. The highest BCUT2D eigenvalue weighted by Gasteiger charge is 2.16. The number of hydrogen-bond donors (Lipinski definition) is 1. The van der Waals surface area contributed by atoms with Gasteiger partial charge in [-0.25, -0.2) is 4.39 Å². The van der Waals surface area contributed by atoms with E-state index in [1.54, 1.807) is 18.5 Å². The lowest BCUT2D eigenvalue weighted by Gasteiger charge is -2.27. The lowest BCUT2D eigenvalue weighted by atomic mass is 10.1. The fourth-order valence-corrected chi connectivity index (χ4v) is 2.41. The number of nitrogens with zero attached hydrogens (tertiary/aromatic N) is 2. The first kappa shape index (κ1) is 15.6. The Bertz CT molecular complexity index is 545. The first-order valence-electron chi connectivity index (χ1n) is 7.27. The zero-order valence-electron chi connectivity index (χ0n) is 12.6. The van der Waals surface area contributed by atoms with Crippen LogP contribution in [0, 0.1) is 5.82 Å². The molecule has 112 valence electrons. The molecule has 2 aromatic rings. The highest BCUT2D eigenvalue weighted by Crippen LogP contribution is 2.18. The molecule has 1 N–H and O–H groups in total. The zero-order chi connectivity index (χ0) is 15.1. The van der Waals surface area contributed by atoms with Crippen LogP contribution in [-0.4, -0.2) is 30.0 Å². The molecule has 0 spiro atoms. The quantitative estimate of drug-likeness (QED) is 0.848. The Kier molecular flexibility index (Phi) is 5.84. The molecule has 0 aliphatic carbocycles. The van der Waals surface area contributed by atoms with Crippen LogP contribution in [0.4, 0.5) is 4.39 Å². The molecule has 0 fully saturated rings. The van der Waals surface area contributed by atoms with Gasteiger partial charge < -0.3 is 5.32 Å². The Balaban J connectivity index is 2.07. The van der Waals surface area contributed by atoms with Gasteiger partial charge in [0.25, 0.3) is 0 Å². The monoisotopic (exact) mass is 287 g/mol. The van der Waals surface area contributed by atoms with Crippen molar-refractivity contribution in [1.82, 2.24) is 15.2 Å². The summed E-state index contributed by atoms with van der Waals surface area (Å²) in [5.74, 6) is -0.156. The Morgan fingerprint density at radius 3 is 2.52 bits per heavy atom. The van der Waals surface area contributed by atoms with Gasteiger partial charge in [-0.15, -0.1) is 0 Å². The highest BCUT2D eigenvalue weighted by molar-refractivity contribution is 5.21. The number of rotatable bonds is 7. The van der Waals surface area contributed by atoms with Crippen molar-refractivity contribution in [2.24, 2.45) is 0 Å². The minimum atomic E-state index is -0.156. The van der Waals surface area contributed by atoms with E-state index >= 15 is 0 Å².